The first-order valence-electron chi connectivity index (χ1n) is 11.3. The van der Waals surface area contributed by atoms with E-state index in [9.17, 15) is 18.0 Å². The summed E-state index contributed by atoms with van der Waals surface area (Å²) in [6, 6.07) is 20.3. The molecule has 0 fully saturated rings. The van der Waals surface area contributed by atoms with Crippen LogP contribution in [-0.4, -0.2) is 44.8 Å². The van der Waals surface area contributed by atoms with Crippen molar-refractivity contribution in [3.8, 4) is 0 Å². The lowest BCUT2D eigenvalue weighted by molar-refractivity contribution is -0.140. The molecule has 2 amide bonds. The SMILES string of the molecule is CC[C@@H](C(=O)NC)N(Cc1ccc(Cl)cc1)C(=O)CN(c1ccccc1Cl)S(=O)(=O)c1ccccc1. The van der Waals surface area contributed by atoms with Crippen LogP contribution in [0.3, 0.4) is 0 Å². The summed E-state index contributed by atoms with van der Waals surface area (Å²) in [5, 5.41) is 3.30. The Morgan fingerprint density at radius 2 is 1.53 bits per heavy atom. The number of rotatable bonds is 10. The standard InChI is InChI=1S/C26H27Cl2N3O4S/c1-3-23(26(33)29-2)30(17-19-13-15-20(27)16-14-19)25(32)18-31(24-12-8-7-11-22(24)28)36(34,35)21-9-5-4-6-10-21/h4-16,23H,3,17-18H2,1-2H3,(H,29,33)/t23-/m0/s1. The maximum atomic E-state index is 13.8. The van der Waals surface area contributed by atoms with Crippen LogP contribution >= 0.6 is 23.2 Å². The molecule has 0 spiro atoms. The van der Waals surface area contributed by atoms with Crippen molar-refractivity contribution >= 4 is 50.7 Å². The topological polar surface area (TPSA) is 86.8 Å². The number of likely N-dealkylation sites (N-methyl/N-ethyl adjacent to an activating group) is 1. The summed E-state index contributed by atoms with van der Waals surface area (Å²) in [7, 11) is -2.67. The Labute approximate surface area is 221 Å². The minimum atomic E-state index is -4.16. The lowest BCUT2D eigenvalue weighted by Crippen LogP contribution is -2.51. The van der Waals surface area contributed by atoms with E-state index in [1.807, 2.05) is 0 Å². The number of benzene rings is 3. The van der Waals surface area contributed by atoms with Gasteiger partial charge in [-0.25, -0.2) is 8.42 Å². The highest BCUT2D eigenvalue weighted by Crippen LogP contribution is 2.30. The van der Waals surface area contributed by atoms with E-state index in [1.54, 1.807) is 67.6 Å². The molecule has 3 aromatic rings. The van der Waals surface area contributed by atoms with E-state index in [-0.39, 0.29) is 28.1 Å². The van der Waals surface area contributed by atoms with Crippen molar-refractivity contribution in [2.45, 2.75) is 30.8 Å². The van der Waals surface area contributed by atoms with E-state index in [0.717, 1.165) is 9.87 Å². The molecule has 0 heterocycles. The maximum absolute atomic E-state index is 13.8. The van der Waals surface area contributed by atoms with Crippen LogP contribution < -0.4 is 9.62 Å². The van der Waals surface area contributed by atoms with Gasteiger partial charge in [0.15, 0.2) is 0 Å². The normalized spacial score (nSPS) is 12.0. The summed E-state index contributed by atoms with van der Waals surface area (Å²) in [5.41, 5.74) is 0.904. The van der Waals surface area contributed by atoms with Gasteiger partial charge < -0.3 is 10.2 Å². The predicted octanol–water partition coefficient (Wildman–Crippen LogP) is 4.74. The van der Waals surface area contributed by atoms with Crippen LogP contribution in [0.2, 0.25) is 10.0 Å². The van der Waals surface area contributed by atoms with Gasteiger partial charge in [-0.1, -0.05) is 72.6 Å². The van der Waals surface area contributed by atoms with Crippen LogP contribution in [0.15, 0.2) is 83.8 Å². The predicted molar refractivity (Wildman–Crippen MR) is 143 cm³/mol. The van der Waals surface area contributed by atoms with Crippen LogP contribution in [0, 0.1) is 0 Å². The van der Waals surface area contributed by atoms with Crippen LogP contribution in [0.1, 0.15) is 18.9 Å². The zero-order chi connectivity index (χ0) is 26.3. The molecule has 0 aromatic heterocycles. The van der Waals surface area contributed by atoms with Gasteiger partial charge >= 0.3 is 0 Å². The maximum Gasteiger partial charge on any atom is 0.264 e. The van der Waals surface area contributed by atoms with Gasteiger partial charge in [-0.2, -0.15) is 0 Å². The number of nitrogens with one attached hydrogen (secondary N) is 1. The molecule has 10 heteroatoms. The molecule has 190 valence electrons. The van der Waals surface area contributed by atoms with Gasteiger partial charge in [-0.05, 0) is 48.4 Å². The van der Waals surface area contributed by atoms with Gasteiger partial charge in [0.2, 0.25) is 11.8 Å². The fourth-order valence-corrected chi connectivity index (χ4v) is 5.63. The highest BCUT2D eigenvalue weighted by Gasteiger charge is 2.34. The highest BCUT2D eigenvalue weighted by molar-refractivity contribution is 7.92. The summed E-state index contributed by atoms with van der Waals surface area (Å²) >= 11 is 12.4. The van der Waals surface area contributed by atoms with E-state index in [1.165, 1.54) is 30.1 Å². The van der Waals surface area contributed by atoms with Gasteiger partial charge in [-0.3, -0.25) is 13.9 Å². The summed E-state index contributed by atoms with van der Waals surface area (Å²) in [4.78, 5) is 27.9. The minimum absolute atomic E-state index is 0.0142. The molecule has 0 aliphatic carbocycles. The molecule has 3 rings (SSSR count). The third kappa shape index (κ3) is 6.37. The third-order valence-corrected chi connectivity index (χ3v) is 7.98. The number of para-hydroxylation sites is 1. The molecule has 36 heavy (non-hydrogen) atoms. The highest BCUT2D eigenvalue weighted by atomic mass is 35.5. The Balaban J connectivity index is 2.05. The summed E-state index contributed by atoms with van der Waals surface area (Å²) in [6.45, 7) is 1.32. The Morgan fingerprint density at radius 3 is 2.11 bits per heavy atom. The van der Waals surface area contributed by atoms with Crippen LogP contribution in [-0.2, 0) is 26.2 Å². The fraction of sp³-hybridized carbons (Fsp3) is 0.231. The van der Waals surface area contributed by atoms with Crippen LogP contribution in [0.5, 0.6) is 0 Å². The van der Waals surface area contributed by atoms with Crippen molar-refractivity contribution < 1.29 is 18.0 Å². The van der Waals surface area contributed by atoms with E-state index in [0.29, 0.717) is 11.4 Å². The lowest BCUT2D eigenvalue weighted by atomic mass is 10.1. The van der Waals surface area contributed by atoms with Gasteiger partial charge in [0, 0.05) is 18.6 Å². The first kappa shape index (κ1) is 27.5. The van der Waals surface area contributed by atoms with Gasteiger partial charge in [-0.15, -0.1) is 0 Å². The second kappa shape index (κ2) is 12.3. The number of nitrogens with zero attached hydrogens (tertiary/aromatic N) is 2. The monoisotopic (exact) mass is 547 g/mol. The molecule has 0 saturated carbocycles. The van der Waals surface area contributed by atoms with Crippen molar-refractivity contribution in [1.29, 1.82) is 0 Å². The summed E-state index contributed by atoms with van der Waals surface area (Å²) in [5.74, 6) is -0.908. The van der Waals surface area contributed by atoms with E-state index in [2.05, 4.69) is 5.32 Å². The Morgan fingerprint density at radius 1 is 0.917 bits per heavy atom. The Kier molecular flexibility index (Phi) is 9.37. The second-order valence-corrected chi connectivity index (χ2v) is 10.7. The quantitative estimate of drug-likeness (QED) is 0.397. The molecule has 0 saturated heterocycles. The number of halogens is 2. The average molecular weight is 548 g/mol. The van der Waals surface area contributed by atoms with Crippen LogP contribution in [0.25, 0.3) is 0 Å². The molecule has 3 aromatic carbocycles. The molecule has 1 N–H and O–H groups in total. The molecule has 0 unspecified atom stereocenters. The number of hydrogen-bond acceptors (Lipinski definition) is 4. The fourth-order valence-electron chi connectivity index (χ4n) is 3.76. The number of carbonyl (C=O) groups is 2. The van der Waals surface area contributed by atoms with Crippen molar-refractivity contribution in [2.24, 2.45) is 0 Å². The van der Waals surface area contributed by atoms with Crippen molar-refractivity contribution in [3.63, 3.8) is 0 Å². The zero-order valence-electron chi connectivity index (χ0n) is 19.9. The van der Waals surface area contributed by atoms with E-state index in [4.69, 9.17) is 23.2 Å². The van der Waals surface area contributed by atoms with Crippen LogP contribution in [0.4, 0.5) is 5.69 Å². The lowest BCUT2D eigenvalue weighted by Gasteiger charge is -2.33. The smallest absolute Gasteiger partial charge is 0.264 e. The molecular formula is C26H27Cl2N3O4S. The third-order valence-electron chi connectivity index (χ3n) is 5.63. The minimum Gasteiger partial charge on any atom is -0.357 e. The molecule has 7 nitrogen and oxygen atoms in total. The van der Waals surface area contributed by atoms with Gasteiger partial charge in [0.25, 0.3) is 10.0 Å². The van der Waals surface area contributed by atoms with Crippen molar-refractivity contribution in [3.05, 3.63) is 94.5 Å². The summed E-state index contributed by atoms with van der Waals surface area (Å²) < 4.78 is 28.3. The van der Waals surface area contributed by atoms with Gasteiger partial charge in [0.05, 0.1) is 15.6 Å². The number of amides is 2. The number of sulfonamides is 1. The molecule has 1 atom stereocenters. The number of hydrogen-bond donors (Lipinski definition) is 1. The second-order valence-electron chi connectivity index (χ2n) is 7.96. The van der Waals surface area contributed by atoms with Crippen molar-refractivity contribution in [2.75, 3.05) is 17.9 Å². The Hall–Kier alpha value is -3.07. The molecular weight excluding hydrogens is 521 g/mol. The van der Waals surface area contributed by atoms with Gasteiger partial charge in [0.1, 0.15) is 12.6 Å². The largest absolute Gasteiger partial charge is 0.357 e. The Bertz CT molecular complexity index is 1300. The van der Waals surface area contributed by atoms with E-state index < -0.39 is 28.5 Å². The average Bonchev–Trinajstić information content (AvgIpc) is 2.89. The molecule has 0 bridgehead atoms. The van der Waals surface area contributed by atoms with Crippen molar-refractivity contribution in [1.82, 2.24) is 10.2 Å². The molecule has 0 aliphatic heterocycles. The summed E-state index contributed by atoms with van der Waals surface area (Å²) in [6.07, 6.45) is 0.330. The number of carbonyl (C=O) groups excluding carboxylic acids is 2. The van der Waals surface area contributed by atoms with E-state index >= 15 is 0 Å². The number of anilines is 1. The first-order chi connectivity index (χ1) is 17.2. The zero-order valence-corrected chi connectivity index (χ0v) is 22.2. The first-order valence-corrected chi connectivity index (χ1v) is 13.5. The molecule has 0 radical (unpaired) electrons. The molecule has 0 aliphatic rings.